The van der Waals surface area contributed by atoms with Gasteiger partial charge in [0, 0.05) is 23.1 Å². The maximum Gasteiger partial charge on any atom is 0.231 e. The highest BCUT2D eigenvalue weighted by Crippen LogP contribution is 2.57. The van der Waals surface area contributed by atoms with Gasteiger partial charge in [0.1, 0.15) is 5.82 Å². The zero-order valence-corrected chi connectivity index (χ0v) is 10.2. The number of rotatable bonds is 2. The van der Waals surface area contributed by atoms with E-state index in [9.17, 15) is 4.39 Å². The molecular weight excluding hydrogens is 245 g/mol. The molecule has 0 aromatic heterocycles. The average molecular weight is 258 g/mol. The van der Waals surface area contributed by atoms with Crippen molar-refractivity contribution in [1.82, 2.24) is 0 Å². The Morgan fingerprint density at radius 3 is 2.76 bits per heavy atom. The van der Waals surface area contributed by atoms with Crippen molar-refractivity contribution < 1.29 is 13.9 Å². The highest BCUT2D eigenvalue weighted by atomic mass is 35.5. The first kappa shape index (κ1) is 11.1. The number of ether oxygens (including phenoxy) is 2. The Morgan fingerprint density at radius 1 is 1.47 bits per heavy atom. The molecule has 3 rings (SSSR count). The van der Waals surface area contributed by atoms with E-state index in [1.165, 1.54) is 6.07 Å². The molecule has 1 heterocycles. The van der Waals surface area contributed by atoms with Crippen LogP contribution in [0.4, 0.5) is 4.39 Å². The van der Waals surface area contributed by atoms with Crippen molar-refractivity contribution in [2.45, 2.75) is 31.2 Å². The third kappa shape index (κ3) is 1.44. The highest BCUT2D eigenvalue weighted by molar-refractivity contribution is 6.31. The van der Waals surface area contributed by atoms with Crippen LogP contribution in [0.5, 0.6) is 11.5 Å². The summed E-state index contributed by atoms with van der Waals surface area (Å²) >= 11 is 5.88. The Morgan fingerprint density at radius 2 is 2.18 bits per heavy atom. The van der Waals surface area contributed by atoms with Gasteiger partial charge in [-0.3, -0.25) is 0 Å². The molecule has 17 heavy (non-hydrogen) atoms. The first-order valence-corrected chi connectivity index (χ1v) is 5.98. The van der Waals surface area contributed by atoms with Crippen LogP contribution in [-0.2, 0) is 5.41 Å². The van der Waals surface area contributed by atoms with Crippen LogP contribution in [0.2, 0.25) is 5.02 Å². The predicted octanol–water partition coefficient (Wildman–Crippen LogP) is 2.59. The molecule has 1 unspecified atom stereocenters. The third-order valence-corrected chi connectivity index (χ3v) is 3.99. The minimum atomic E-state index is -0.425. The van der Waals surface area contributed by atoms with Crippen LogP contribution in [0.15, 0.2) is 6.07 Å². The largest absolute Gasteiger partial charge is 0.454 e. The van der Waals surface area contributed by atoms with Crippen LogP contribution in [0.1, 0.15) is 25.3 Å². The lowest BCUT2D eigenvalue weighted by Gasteiger charge is -2.22. The van der Waals surface area contributed by atoms with Gasteiger partial charge in [0.25, 0.3) is 0 Å². The normalized spacial score (nSPS) is 21.4. The van der Waals surface area contributed by atoms with Crippen molar-refractivity contribution in [3.05, 3.63) is 22.5 Å². The SMILES string of the molecule is CC(N)C1(c2c(F)c(Cl)cc3c2OCO3)CC1. The Bertz CT molecular complexity index is 486. The molecular formula is C12H13ClFNO2. The van der Waals surface area contributed by atoms with Gasteiger partial charge >= 0.3 is 0 Å². The molecule has 5 heteroatoms. The van der Waals surface area contributed by atoms with Crippen LogP contribution in [0.3, 0.4) is 0 Å². The Kier molecular flexibility index (Phi) is 2.28. The monoisotopic (exact) mass is 257 g/mol. The molecule has 0 saturated heterocycles. The second kappa shape index (κ2) is 3.50. The summed E-state index contributed by atoms with van der Waals surface area (Å²) in [6.07, 6.45) is 1.72. The van der Waals surface area contributed by atoms with E-state index in [1.807, 2.05) is 6.92 Å². The summed E-state index contributed by atoms with van der Waals surface area (Å²) < 4.78 is 24.9. The van der Waals surface area contributed by atoms with E-state index < -0.39 is 5.82 Å². The van der Waals surface area contributed by atoms with Crippen molar-refractivity contribution in [2.24, 2.45) is 5.73 Å². The quantitative estimate of drug-likeness (QED) is 0.886. The molecule has 2 N–H and O–H groups in total. The summed E-state index contributed by atoms with van der Waals surface area (Å²) in [5, 5.41) is 0.0659. The lowest BCUT2D eigenvalue weighted by molar-refractivity contribution is 0.172. The van der Waals surface area contributed by atoms with Crippen molar-refractivity contribution >= 4 is 11.6 Å². The van der Waals surface area contributed by atoms with E-state index in [2.05, 4.69) is 0 Å². The van der Waals surface area contributed by atoms with Crippen LogP contribution in [0.25, 0.3) is 0 Å². The van der Waals surface area contributed by atoms with Gasteiger partial charge in [-0.05, 0) is 19.8 Å². The minimum absolute atomic E-state index is 0.0659. The maximum absolute atomic E-state index is 14.2. The molecule has 0 bridgehead atoms. The molecule has 0 spiro atoms. The molecule has 92 valence electrons. The molecule has 1 atom stereocenters. The fourth-order valence-corrected chi connectivity index (χ4v) is 2.69. The first-order chi connectivity index (χ1) is 8.06. The van der Waals surface area contributed by atoms with E-state index >= 15 is 0 Å². The number of nitrogens with two attached hydrogens (primary N) is 1. The second-order valence-electron chi connectivity index (χ2n) is 4.73. The maximum atomic E-state index is 14.2. The summed E-state index contributed by atoms with van der Waals surface area (Å²) in [5.41, 5.74) is 6.12. The van der Waals surface area contributed by atoms with E-state index in [4.69, 9.17) is 26.8 Å². The molecule has 1 aromatic carbocycles. The van der Waals surface area contributed by atoms with E-state index in [-0.39, 0.29) is 23.3 Å². The topological polar surface area (TPSA) is 44.5 Å². The standard InChI is InChI=1S/C12H13ClFNO2/c1-6(15)12(2-3-12)9-10(14)7(13)4-8-11(9)17-5-16-8/h4,6H,2-3,5,15H2,1H3. The van der Waals surface area contributed by atoms with Crippen LogP contribution in [0, 0.1) is 5.82 Å². The van der Waals surface area contributed by atoms with E-state index in [0.717, 1.165) is 12.8 Å². The first-order valence-electron chi connectivity index (χ1n) is 5.60. The Hall–Kier alpha value is -1.00. The molecule has 1 aliphatic carbocycles. The molecule has 0 radical (unpaired) electrons. The predicted molar refractivity (Wildman–Crippen MR) is 62.1 cm³/mol. The van der Waals surface area contributed by atoms with Gasteiger partial charge < -0.3 is 15.2 Å². The van der Waals surface area contributed by atoms with Crippen LogP contribution < -0.4 is 15.2 Å². The number of halogens is 2. The van der Waals surface area contributed by atoms with Crippen molar-refractivity contribution in [2.75, 3.05) is 6.79 Å². The summed E-state index contributed by atoms with van der Waals surface area (Å²) in [5.74, 6) is 0.561. The average Bonchev–Trinajstić information content (AvgIpc) is 2.95. The smallest absolute Gasteiger partial charge is 0.231 e. The lowest BCUT2D eigenvalue weighted by atomic mass is 9.88. The summed E-state index contributed by atoms with van der Waals surface area (Å²) in [4.78, 5) is 0. The number of benzene rings is 1. The molecule has 2 aliphatic rings. The van der Waals surface area contributed by atoms with Gasteiger partial charge in [0.05, 0.1) is 5.02 Å². The van der Waals surface area contributed by atoms with E-state index in [0.29, 0.717) is 17.1 Å². The number of hydrogen-bond donors (Lipinski definition) is 1. The molecule has 1 saturated carbocycles. The summed E-state index contributed by atoms with van der Waals surface area (Å²) in [6, 6.07) is 1.32. The number of fused-ring (bicyclic) bond motifs is 1. The Labute approximate surface area is 104 Å². The van der Waals surface area contributed by atoms with Gasteiger partial charge in [-0.1, -0.05) is 11.6 Å². The zero-order chi connectivity index (χ0) is 12.2. The second-order valence-corrected chi connectivity index (χ2v) is 5.13. The molecule has 1 aromatic rings. The van der Waals surface area contributed by atoms with Gasteiger partial charge in [-0.25, -0.2) is 4.39 Å². The van der Waals surface area contributed by atoms with E-state index in [1.54, 1.807) is 0 Å². The zero-order valence-electron chi connectivity index (χ0n) is 9.43. The molecule has 1 aliphatic heterocycles. The van der Waals surface area contributed by atoms with Crippen molar-refractivity contribution in [3.8, 4) is 11.5 Å². The van der Waals surface area contributed by atoms with Crippen molar-refractivity contribution in [1.29, 1.82) is 0 Å². The minimum Gasteiger partial charge on any atom is -0.454 e. The molecule has 1 fully saturated rings. The van der Waals surface area contributed by atoms with Crippen LogP contribution >= 0.6 is 11.6 Å². The summed E-state index contributed by atoms with van der Waals surface area (Å²) in [7, 11) is 0. The molecule has 3 nitrogen and oxygen atoms in total. The molecule has 0 amide bonds. The van der Waals surface area contributed by atoms with Gasteiger partial charge in [-0.2, -0.15) is 0 Å². The van der Waals surface area contributed by atoms with Crippen LogP contribution in [-0.4, -0.2) is 12.8 Å². The lowest BCUT2D eigenvalue weighted by Crippen LogP contribution is -2.32. The fourth-order valence-electron chi connectivity index (χ4n) is 2.50. The fraction of sp³-hybridized carbons (Fsp3) is 0.500. The van der Waals surface area contributed by atoms with Gasteiger partial charge in [0.15, 0.2) is 11.5 Å². The third-order valence-electron chi connectivity index (χ3n) is 3.71. The van der Waals surface area contributed by atoms with Gasteiger partial charge in [-0.15, -0.1) is 0 Å². The summed E-state index contributed by atoms with van der Waals surface area (Å²) in [6.45, 7) is 1.99. The Balaban J connectivity index is 2.22. The van der Waals surface area contributed by atoms with Crippen molar-refractivity contribution in [3.63, 3.8) is 0 Å². The van der Waals surface area contributed by atoms with Gasteiger partial charge in [0.2, 0.25) is 6.79 Å². The highest BCUT2D eigenvalue weighted by Gasteiger charge is 2.52. The number of hydrogen-bond acceptors (Lipinski definition) is 3.